The maximum atomic E-state index is 12.7. The molecular formula is C34H36N2O5. The zero-order valence-electron chi connectivity index (χ0n) is 23.5. The number of hydrogen-bond donors (Lipinski definition) is 2. The number of carbonyl (C=O) groups is 2. The zero-order chi connectivity index (χ0) is 29.0. The van der Waals surface area contributed by atoms with Gasteiger partial charge in [-0.1, -0.05) is 74.0 Å². The van der Waals surface area contributed by atoms with Crippen molar-refractivity contribution in [1.82, 2.24) is 10.3 Å². The molecule has 1 unspecified atom stereocenters. The number of nitrogens with zero attached hydrogens (tertiary/aromatic N) is 1. The molecular weight excluding hydrogens is 516 g/mol. The molecule has 0 aliphatic carbocycles. The SMILES string of the molecule is CCCC/C(=C/C(=O)c1ccccc1)NC(Cc1ccc(OCCc2nc(-c3ccccc3)oc2C)cc1)C(=O)O. The van der Waals surface area contributed by atoms with Crippen molar-refractivity contribution in [2.75, 3.05) is 6.61 Å². The summed E-state index contributed by atoms with van der Waals surface area (Å²) in [5, 5.41) is 13.0. The third-order valence-electron chi connectivity index (χ3n) is 6.71. The van der Waals surface area contributed by atoms with Crippen LogP contribution >= 0.6 is 0 Å². The highest BCUT2D eigenvalue weighted by Crippen LogP contribution is 2.22. The first-order valence-electron chi connectivity index (χ1n) is 14.0. The summed E-state index contributed by atoms with van der Waals surface area (Å²) in [6, 6.07) is 25.3. The van der Waals surface area contributed by atoms with E-state index in [2.05, 4.69) is 17.2 Å². The van der Waals surface area contributed by atoms with Gasteiger partial charge in [0.15, 0.2) is 5.78 Å². The number of rotatable bonds is 15. The number of carboxylic acid groups (broad SMARTS) is 1. The van der Waals surface area contributed by atoms with Crippen LogP contribution in [-0.2, 0) is 17.6 Å². The van der Waals surface area contributed by atoms with Crippen LogP contribution in [0.4, 0.5) is 0 Å². The Kier molecular flexibility index (Phi) is 10.5. The van der Waals surface area contributed by atoms with Crippen molar-refractivity contribution in [1.29, 1.82) is 0 Å². The Hall–Kier alpha value is -4.65. The smallest absolute Gasteiger partial charge is 0.326 e. The van der Waals surface area contributed by atoms with Crippen molar-refractivity contribution in [3.05, 3.63) is 119 Å². The summed E-state index contributed by atoms with van der Waals surface area (Å²) in [6.07, 6.45) is 4.77. The molecule has 0 saturated carbocycles. The second-order valence-corrected chi connectivity index (χ2v) is 9.87. The first-order valence-corrected chi connectivity index (χ1v) is 14.0. The van der Waals surface area contributed by atoms with E-state index in [-0.39, 0.29) is 12.2 Å². The van der Waals surface area contributed by atoms with Gasteiger partial charge in [-0.25, -0.2) is 9.78 Å². The van der Waals surface area contributed by atoms with Gasteiger partial charge in [-0.15, -0.1) is 0 Å². The lowest BCUT2D eigenvalue weighted by Crippen LogP contribution is -2.38. The van der Waals surface area contributed by atoms with E-state index in [9.17, 15) is 14.7 Å². The first-order chi connectivity index (χ1) is 19.9. The van der Waals surface area contributed by atoms with Crippen LogP contribution < -0.4 is 10.1 Å². The molecule has 3 aromatic carbocycles. The fraction of sp³-hybridized carbons (Fsp3) is 0.265. The van der Waals surface area contributed by atoms with Gasteiger partial charge in [0.2, 0.25) is 5.89 Å². The van der Waals surface area contributed by atoms with Crippen molar-refractivity contribution in [2.45, 2.75) is 52.0 Å². The van der Waals surface area contributed by atoms with Crippen LogP contribution in [-0.4, -0.2) is 34.5 Å². The Balaban J connectivity index is 1.34. The van der Waals surface area contributed by atoms with Crippen LogP contribution in [0.25, 0.3) is 11.5 Å². The summed E-state index contributed by atoms with van der Waals surface area (Å²) in [5.41, 5.74) is 3.84. The summed E-state index contributed by atoms with van der Waals surface area (Å²) in [4.78, 5) is 29.5. The van der Waals surface area contributed by atoms with E-state index >= 15 is 0 Å². The molecule has 1 aromatic heterocycles. The Bertz CT molecular complexity index is 1440. The first kappa shape index (κ1) is 29.3. The largest absolute Gasteiger partial charge is 0.493 e. The number of aliphatic carboxylic acids is 1. The molecule has 0 fully saturated rings. The number of aryl methyl sites for hydroxylation is 1. The number of benzene rings is 3. The average Bonchev–Trinajstić information content (AvgIpc) is 3.37. The zero-order valence-corrected chi connectivity index (χ0v) is 23.5. The molecule has 0 bridgehead atoms. The highest BCUT2D eigenvalue weighted by molar-refractivity contribution is 6.04. The van der Waals surface area contributed by atoms with Gasteiger partial charge >= 0.3 is 5.97 Å². The molecule has 212 valence electrons. The van der Waals surface area contributed by atoms with Gasteiger partial charge < -0.3 is 19.6 Å². The van der Waals surface area contributed by atoms with Gasteiger partial charge in [0.1, 0.15) is 17.6 Å². The number of aromatic nitrogens is 1. The maximum Gasteiger partial charge on any atom is 0.326 e. The monoisotopic (exact) mass is 552 g/mol. The van der Waals surface area contributed by atoms with Crippen LogP contribution in [0.15, 0.2) is 101 Å². The third kappa shape index (κ3) is 8.67. The Morgan fingerprint density at radius 2 is 1.68 bits per heavy atom. The molecule has 41 heavy (non-hydrogen) atoms. The van der Waals surface area contributed by atoms with Gasteiger partial charge in [-0.2, -0.15) is 0 Å². The molecule has 7 nitrogen and oxygen atoms in total. The summed E-state index contributed by atoms with van der Waals surface area (Å²) in [5.74, 6) is 0.939. The van der Waals surface area contributed by atoms with Crippen LogP contribution in [0.5, 0.6) is 5.75 Å². The van der Waals surface area contributed by atoms with Gasteiger partial charge in [0.25, 0.3) is 0 Å². The van der Waals surface area contributed by atoms with Crippen molar-refractivity contribution < 1.29 is 23.8 Å². The minimum Gasteiger partial charge on any atom is -0.493 e. The molecule has 0 radical (unpaired) electrons. The Morgan fingerprint density at radius 1 is 1.00 bits per heavy atom. The summed E-state index contributed by atoms with van der Waals surface area (Å²) >= 11 is 0. The van der Waals surface area contributed by atoms with Gasteiger partial charge in [-0.3, -0.25) is 4.79 Å². The molecule has 0 aliphatic rings. The molecule has 4 aromatic rings. The second-order valence-electron chi connectivity index (χ2n) is 9.87. The molecule has 0 saturated heterocycles. The topological polar surface area (TPSA) is 102 Å². The van der Waals surface area contributed by atoms with E-state index in [0.29, 0.717) is 42.3 Å². The van der Waals surface area contributed by atoms with Gasteiger partial charge in [-0.05, 0) is 49.6 Å². The molecule has 4 rings (SSSR count). The summed E-state index contributed by atoms with van der Waals surface area (Å²) in [6.45, 7) is 4.39. The fourth-order valence-electron chi connectivity index (χ4n) is 4.41. The molecule has 0 aliphatic heterocycles. The fourth-order valence-corrected chi connectivity index (χ4v) is 4.41. The van der Waals surface area contributed by atoms with E-state index in [1.54, 1.807) is 12.1 Å². The van der Waals surface area contributed by atoms with E-state index in [4.69, 9.17) is 9.15 Å². The van der Waals surface area contributed by atoms with Crippen molar-refractivity contribution >= 4 is 11.8 Å². The lowest BCUT2D eigenvalue weighted by molar-refractivity contribution is -0.139. The van der Waals surface area contributed by atoms with Gasteiger partial charge in [0.05, 0.1) is 12.3 Å². The predicted octanol–water partition coefficient (Wildman–Crippen LogP) is 6.81. The highest BCUT2D eigenvalue weighted by atomic mass is 16.5. The predicted molar refractivity (Wildman–Crippen MR) is 159 cm³/mol. The molecule has 1 atom stereocenters. The number of carboxylic acids is 1. The standard InChI is InChI=1S/C34H36N2O5/c1-3-4-15-28(23-32(37)26-11-7-5-8-12-26)35-31(34(38)39)22-25-16-18-29(19-17-25)40-21-20-30-24(2)41-33(36-30)27-13-9-6-10-14-27/h5-14,16-19,23,31,35H,3-4,15,20-22H2,1-2H3,(H,38,39)/b28-23-. The highest BCUT2D eigenvalue weighted by Gasteiger charge is 2.20. The summed E-state index contributed by atoms with van der Waals surface area (Å²) in [7, 11) is 0. The molecule has 0 spiro atoms. The number of ketones is 1. The van der Waals surface area contributed by atoms with Crippen molar-refractivity contribution in [3.63, 3.8) is 0 Å². The van der Waals surface area contributed by atoms with E-state index in [1.165, 1.54) is 6.08 Å². The average molecular weight is 553 g/mol. The third-order valence-corrected chi connectivity index (χ3v) is 6.71. The maximum absolute atomic E-state index is 12.7. The summed E-state index contributed by atoms with van der Waals surface area (Å²) < 4.78 is 11.7. The lowest BCUT2D eigenvalue weighted by Gasteiger charge is -2.19. The number of oxazole rings is 1. The normalized spacial score (nSPS) is 12.1. The quantitative estimate of drug-likeness (QED) is 0.123. The van der Waals surface area contributed by atoms with Crippen LogP contribution in [0.3, 0.4) is 0 Å². The van der Waals surface area contributed by atoms with Crippen molar-refractivity contribution in [2.24, 2.45) is 0 Å². The van der Waals surface area contributed by atoms with E-state index in [0.717, 1.165) is 35.4 Å². The number of nitrogens with one attached hydrogen (secondary N) is 1. The van der Waals surface area contributed by atoms with Crippen LogP contribution in [0, 0.1) is 6.92 Å². The second kappa shape index (κ2) is 14.7. The number of hydrogen-bond acceptors (Lipinski definition) is 6. The van der Waals surface area contributed by atoms with Gasteiger partial charge in [0, 0.05) is 35.7 Å². The number of carbonyl (C=O) groups excluding carboxylic acids is 1. The Morgan fingerprint density at radius 3 is 2.34 bits per heavy atom. The lowest BCUT2D eigenvalue weighted by atomic mass is 10.0. The van der Waals surface area contributed by atoms with E-state index in [1.807, 2.05) is 79.7 Å². The molecule has 7 heteroatoms. The van der Waals surface area contributed by atoms with E-state index < -0.39 is 12.0 Å². The van der Waals surface area contributed by atoms with Crippen LogP contribution in [0.1, 0.15) is 53.6 Å². The molecule has 1 heterocycles. The molecule has 2 N–H and O–H groups in total. The number of ether oxygens (including phenoxy) is 1. The van der Waals surface area contributed by atoms with Crippen molar-refractivity contribution in [3.8, 4) is 17.2 Å². The number of allylic oxidation sites excluding steroid dienone is 2. The minimum absolute atomic E-state index is 0.146. The van der Waals surface area contributed by atoms with Crippen LogP contribution in [0.2, 0.25) is 0 Å². The number of unbranched alkanes of at least 4 members (excludes halogenated alkanes) is 1. The minimum atomic E-state index is -0.974. The Labute approximate surface area is 240 Å². The molecule has 0 amide bonds.